The molecule has 0 unspecified atom stereocenters. The summed E-state index contributed by atoms with van der Waals surface area (Å²) < 4.78 is 52.2. The first-order chi connectivity index (χ1) is 16.1. The maximum Gasteiger partial charge on any atom is 0.264 e. The highest BCUT2D eigenvalue weighted by atomic mass is 35.5. The second-order valence-electron chi connectivity index (χ2n) is 7.47. The summed E-state index contributed by atoms with van der Waals surface area (Å²) in [5.41, 5.74) is 2.57. The maximum atomic E-state index is 13.8. The Bertz CT molecular complexity index is 1330. The number of hydrogen-bond donors (Lipinski definition) is 1. The summed E-state index contributed by atoms with van der Waals surface area (Å²) >= 11 is 5.91. The van der Waals surface area contributed by atoms with Gasteiger partial charge in [0.15, 0.2) is 11.5 Å². The molecule has 0 saturated carbocycles. The van der Waals surface area contributed by atoms with Crippen molar-refractivity contribution in [1.82, 2.24) is 0 Å². The summed E-state index contributed by atoms with van der Waals surface area (Å²) in [7, 11) is -1.48. The molecule has 0 heterocycles. The van der Waals surface area contributed by atoms with E-state index in [0.717, 1.165) is 27.6 Å². The van der Waals surface area contributed by atoms with Crippen LogP contribution in [0.15, 0.2) is 59.5 Å². The minimum atomic E-state index is -4.29. The van der Waals surface area contributed by atoms with Crippen molar-refractivity contribution in [2.45, 2.75) is 18.7 Å². The second-order valence-corrected chi connectivity index (χ2v) is 9.74. The van der Waals surface area contributed by atoms with Gasteiger partial charge in [-0.3, -0.25) is 9.10 Å². The van der Waals surface area contributed by atoms with Gasteiger partial charge in [0.2, 0.25) is 5.91 Å². The van der Waals surface area contributed by atoms with E-state index in [-0.39, 0.29) is 21.4 Å². The number of nitrogens with one attached hydrogen (secondary N) is 1. The molecular weight excluding hydrogens is 483 g/mol. The molecule has 0 aromatic heterocycles. The molecule has 0 fully saturated rings. The number of rotatable bonds is 8. The molecule has 7 nitrogen and oxygen atoms in total. The van der Waals surface area contributed by atoms with E-state index in [2.05, 4.69) is 5.32 Å². The van der Waals surface area contributed by atoms with Crippen molar-refractivity contribution in [3.63, 3.8) is 0 Å². The summed E-state index contributed by atoms with van der Waals surface area (Å²) in [6, 6.07) is 12.8. The first-order valence-corrected chi connectivity index (χ1v) is 12.0. The van der Waals surface area contributed by atoms with Crippen LogP contribution in [0.1, 0.15) is 11.1 Å². The van der Waals surface area contributed by atoms with Crippen LogP contribution in [-0.4, -0.2) is 35.1 Å². The number of amides is 1. The van der Waals surface area contributed by atoms with Crippen molar-refractivity contribution in [3.05, 3.63) is 76.6 Å². The molecule has 3 aromatic carbocycles. The van der Waals surface area contributed by atoms with Crippen LogP contribution in [0.5, 0.6) is 11.5 Å². The van der Waals surface area contributed by atoms with Crippen LogP contribution in [0, 0.1) is 19.7 Å². The van der Waals surface area contributed by atoms with E-state index < -0.39 is 28.3 Å². The van der Waals surface area contributed by atoms with Gasteiger partial charge in [-0.15, -0.1) is 0 Å². The minimum Gasteiger partial charge on any atom is -0.493 e. The lowest BCUT2D eigenvalue weighted by Gasteiger charge is -2.25. The monoisotopic (exact) mass is 506 g/mol. The molecule has 3 aromatic rings. The molecule has 0 aliphatic heterocycles. The molecule has 34 heavy (non-hydrogen) atoms. The molecule has 0 aliphatic rings. The van der Waals surface area contributed by atoms with Crippen LogP contribution >= 0.6 is 11.6 Å². The van der Waals surface area contributed by atoms with Gasteiger partial charge >= 0.3 is 0 Å². The van der Waals surface area contributed by atoms with Crippen LogP contribution in [0.4, 0.5) is 15.8 Å². The second kappa shape index (κ2) is 10.3. The van der Waals surface area contributed by atoms with E-state index >= 15 is 0 Å². The Hall–Kier alpha value is -3.30. The SMILES string of the molecule is COc1ccc(S(=O)(=O)N(CC(=O)Nc2ccc(C)c(C)c2)c2ccc(F)c(Cl)c2)cc1OC. The number of ether oxygens (including phenoxy) is 2. The Labute approximate surface area is 203 Å². The summed E-state index contributed by atoms with van der Waals surface area (Å²) in [4.78, 5) is 12.7. The van der Waals surface area contributed by atoms with Gasteiger partial charge in [-0.1, -0.05) is 17.7 Å². The summed E-state index contributed by atoms with van der Waals surface area (Å²) in [5, 5.41) is 2.43. The number of nitrogens with zero attached hydrogens (tertiary/aromatic N) is 1. The van der Waals surface area contributed by atoms with E-state index in [0.29, 0.717) is 11.4 Å². The van der Waals surface area contributed by atoms with Crippen LogP contribution in [0.3, 0.4) is 0 Å². The Morgan fingerprint density at radius 2 is 1.68 bits per heavy atom. The van der Waals surface area contributed by atoms with E-state index in [4.69, 9.17) is 21.1 Å². The predicted octanol–water partition coefficient (Wildman–Crippen LogP) is 4.95. The molecule has 0 saturated heterocycles. The normalized spacial score (nSPS) is 11.1. The van der Waals surface area contributed by atoms with Gasteiger partial charge in [-0.05, 0) is 67.4 Å². The summed E-state index contributed by atoms with van der Waals surface area (Å²) in [6.07, 6.45) is 0. The fourth-order valence-corrected chi connectivity index (χ4v) is 4.81. The first-order valence-electron chi connectivity index (χ1n) is 10.1. The third-order valence-corrected chi connectivity index (χ3v) is 7.27. The van der Waals surface area contributed by atoms with Crippen molar-refractivity contribution in [1.29, 1.82) is 0 Å². The number of carbonyl (C=O) groups excluding carboxylic acids is 1. The Balaban J connectivity index is 2.02. The van der Waals surface area contributed by atoms with Crippen molar-refractivity contribution < 1.29 is 27.1 Å². The zero-order chi connectivity index (χ0) is 25.0. The van der Waals surface area contributed by atoms with Crippen LogP contribution in [0.2, 0.25) is 5.02 Å². The Morgan fingerprint density at radius 1 is 0.971 bits per heavy atom. The van der Waals surface area contributed by atoms with Gasteiger partial charge in [-0.2, -0.15) is 0 Å². The summed E-state index contributed by atoms with van der Waals surface area (Å²) in [5.74, 6) is -0.772. The van der Waals surface area contributed by atoms with E-state index in [1.807, 2.05) is 19.9 Å². The van der Waals surface area contributed by atoms with Crippen LogP contribution in [-0.2, 0) is 14.8 Å². The smallest absolute Gasteiger partial charge is 0.264 e. The number of sulfonamides is 1. The standard InChI is InChI=1S/C24H24ClFN2O5S/c1-15-5-6-17(11-16(15)2)27-24(29)14-28(18-7-9-21(26)20(25)12-18)34(30,31)19-8-10-22(32-3)23(13-19)33-4/h5-13H,14H2,1-4H3,(H,27,29). The molecular formula is C24H24ClFN2O5S. The number of carbonyl (C=O) groups is 1. The molecule has 180 valence electrons. The van der Waals surface area contributed by atoms with Gasteiger partial charge in [0, 0.05) is 11.8 Å². The first kappa shape index (κ1) is 25.3. The highest BCUT2D eigenvalue weighted by molar-refractivity contribution is 7.92. The molecule has 1 amide bonds. The lowest BCUT2D eigenvalue weighted by Crippen LogP contribution is -2.38. The molecule has 0 bridgehead atoms. The van der Waals surface area contributed by atoms with Crippen molar-refractivity contribution in [2.75, 3.05) is 30.4 Å². The van der Waals surface area contributed by atoms with Gasteiger partial charge in [0.1, 0.15) is 12.4 Å². The molecule has 0 radical (unpaired) electrons. The average Bonchev–Trinajstić information content (AvgIpc) is 2.81. The Morgan fingerprint density at radius 3 is 2.29 bits per heavy atom. The molecule has 0 aliphatic carbocycles. The van der Waals surface area contributed by atoms with E-state index in [9.17, 15) is 17.6 Å². The number of benzene rings is 3. The van der Waals surface area contributed by atoms with E-state index in [1.54, 1.807) is 12.1 Å². The van der Waals surface area contributed by atoms with Gasteiger partial charge in [-0.25, -0.2) is 12.8 Å². The zero-order valence-corrected chi connectivity index (χ0v) is 20.6. The highest BCUT2D eigenvalue weighted by Crippen LogP contribution is 2.33. The number of halogens is 2. The van der Waals surface area contributed by atoms with Crippen LogP contribution < -0.4 is 19.1 Å². The Kier molecular flexibility index (Phi) is 7.68. The van der Waals surface area contributed by atoms with Crippen LogP contribution in [0.25, 0.3) is 0 Å². The average molecular weight is 507 g/mol. The highest BCUT2D eigenvalue weighted by Gasteiger charge is 2.29. The quantitative estimate of drug-likeness (QED) is 0.467. The minimum absolute atomic E-state index is 0.0245. The lowest BCUT2D eigenvalue weighted by atomic mass is 10.1. The fraction of sp³-hybridized carbons (Fsp3) is 0.208. The largest absolute Gasteiger partial charge is 0.493 e. The van der Waals surface area contributed by atoms with Gasteiger partial charge in [0.05, 0.1) is 29.8 Å². The molecule has 0 spiro atoms. The zero-order valence-electron chi connectivity index (χ0n) is 19.1. The molecule has 3 rings (SSSR count). The number of aryl methyl sites for hydroxylation is 2. The number of hydrogen-bond acceptors (Lipinski definition) is 5. The van der Waals surface area contributed by atoms with Crippen molar-refractivity contribution in [2.24, 2.45) is 0 Å². The molecule has 1 N–H and O–H groups in total. The summed E-state index contributed by atoms with van der Waals surface area (Å²) in [6.45, 7) is 3.27. The number of methoxy groups -OCH3 is 2. The third kappa shape index (κ3) is 5.43. The van der Waals surface area contributed by atoms with Crippen molar-refractivity contribution in [3.8, 4) is 11.5 Å². The topological polar surface area (TPSA) is 84.9 Å². The molecule has 10 heteroatoms. The predicted molar refractivity (Wildman–Crippen MR) is 130 cm³/mol. The van der Waals surface area contributed by atoms with Gasteiger partial charge < -0.3 is 14.8 Å². The molecule has 0 atom stereocenters. The fourth-order valence-electron chi connectivity index (χ4n) is 3.21. The van der Waals surface area contributed by atoms with E-state index in [1.165, 1.54) is 38.5 Å². The third-order valence-electron chi connectivity index (χ3n) is 5.21. The number of anilines is 2. The van der Waals surface area contributed by atoms with Crippen molar-refractivity contribution >= 4 is 38.9 Å². The van der Waals surface area contributed by atoms with Gasteiger partial charge in [0.25, 0.3) is 10.0 Å². The lowest BCUT2D eigenvalue weighted by molar-refractivity contribution is -0.114. The maximum absolute atomic E-state index is 13.8.